The molecular weight excluding hydrogens is 340 g/mol. The first-order chi connectivity index (χ1) is 11.6. The van der Waals surface area contributed by atoms with Crippen LogP contribution in [0.4, 0.5) is 0 Å². The van der Waals surface area contributed by atoms with E-state index in [1.807, 2.05) is 53.9 Å². The molecule has 1 aliphatic heterocycles. The van der Waals surface area contributed by atoms with E-state index in [-0.39, 0.29) is 5.91 Å². The molecule has 1 fully saturated rings. The largest absolute Gasteiger partial charge is 0.368 e. The summed E-state index contributed by atoms with van der Waals surface area (Å²) in [5, 5.41) is 2.71. The van der Waals surface area contributed by atoms with Crippen LogP contribution >= 0.6 is 23.5 Å². The highest BCUT2D eigenvalue weighted by Gasteiger charge is 2.22. The van der Waals surface area contributed by atoms with Gasteiger partial charge in [0.05, 0.1) is 4.58 Å². The third kappa shape index (κ3) is 3.94. The van der Waals surface area contributed by atoms with Crippen molar-refractivity contribution in [2.45, 2.75) is 10.6 Å². The molecule has 24 heavy (non-hydrogen) atoms. The number of primary amides is 1. The second-order valence-electron chi connectivity index (χ2n) is 5.42. The molecule has 0 aromatic heterocycles. The molecule has 0 radical (unpaired) electrons. The molecule has 1 saturated heterocycles. The standard InChI is InChI=1S/C18H18N2O2S2/c19-16(21)15(12-4-2-1-3-5-12)20-17(22)13-6-8-14(9-7-13)18-23-10-11-24-18/h1-9,15,18H,10-11H2,(H2,19,21)(H,20,22)/t15-/m0/s1. The van der Waals surface area contributed by atoms with E-state index < -0.39 is 11.9 Å². The van der Waals surface area contributed by atoms with Gasteiger partial charge < -0.3 is 11.1 Å². The van der Waals surface area contributed by atoms with Gasteiger partial charge in [0.15, 0.2) is 0 Å². The second-order valence-corrected chi connectivity index (χ2v) is 8.14. The van der Waals surface area contributed by atoms with Gasteiger partial charge in [-0.05, 0) is 23.3 Å². The molecule has 124 valence electrons. The van der Waals surface area contributed by atoms with Crippen LogP contribution in [0.2, 0.25) is 0 Å². The molecule has 0 aliphatic carbocycles. The van der Waals surface area contributed by atoms with Crippen LogP contribution in [-0.2, 0) is 4.79 Å². The molecule has 0 saturated carbocycles. The fourth-order valence-electron chi connectivity index (χ4n) is 2.52. The minimum atomic E-state index is -0.834. The van der Waals surface area contributed by atoms with E-state index in [1.54, 1.807) is 24.3 Å². The van der Waals surface area contributed by atoms with E-state index >= 15 is 0 Å². The maximum atomic E-state index is 12.4. The Morgan fingerprint density at radius 1 is 1.00 bits per heavy atom. The Kier molecular flexibility index (Phi) is 5.48. The van der Waals surface area contributed by atoms with Gasteiger partial charge in [-0.1, -0.05) is 42.5 Å². The molecule has 3 N–H and O–H groups in total. The summed E-state index contributed by atoms with van der Waals surface area (Å²) in [4.78, 5) is 24.1. The number of hydrogen-bond acceptors (Lipinski definition) is 4. The minimum absolute atomic E-state index is 0.305. The second kappa shape index (κ2) is 7.77. The summed E-state index contributed by atoms with van der Waals surface area (Å²) in [5.74, 6) is 1.44. The number of carbonyl (C=O) groups excluding carboxylic acids is 2. The zero-order chi connectivity index (χ0) is 16.9. The van der Waals surface area contributed by atoms with E-state index in [2.05, 4.69) is 5.32 Å². The lowest BCUT2D eigenvalue weighted by atomic mass is 10.1. The lowest BCUT2D eigenvalue weighted by molar-refractivity contribution is -0.120. The molecule has 2 amide bonds. The van der Waals surface area contributed by atoms with Crippen molar-refractivity contribution in [3.63, 3.8) is 0 Å². The summed E-state index contributed by atoms with van der Waals surface area (Å²) in [5.41, 5.74) is 7.86. The number of nitrogens with two attached hydrogens (primary N) is 1. The average Bonchev–Trinajstić information content (AvgIpc) is 3.15. The van der Waals surface area contributed by atoms with E-state index in [1.165, 1.54) is 5.56 Å². The lowest BCUT2D eigenvalue weighted by Gasteiger charge is -2.16. The fourth-order valence-corrected chi connectivity index (χ4v) is 5.38. The van der Waals surface area contributed by atoms with Crippen LogP contribution in [0.1, 0.15) is 32.1 Å². The quantitative estimate of drug-likeness (QED) is 0.861. The van der Waals surface area contributed by atoms with Gasteiger partial charge in [-0.25, -0.2) is 0 Å². The predicted octanol–water partition coefficient (Wildman–Crippen LogP) is 3.12. The van der Waals surface area contributed by atoms with Gasteiger partial charge in [-0.3, -0.25) is 9.59 Å². The van der Waals surface area contributed by atoms with Gasteiger partial charge in [0.1, 0.15) is 6.04 Å². The van der Waals surface area contributed by atoms with E-state index in [9.17, 15) is 9.59 Å². The monoisotopic (exact) mass is 358 g/mol. The first-order valence-electron chi connectivity index (χ1n) is 7.63. The van der Waals surface area contributed by atoms with Crippen molar-refractivity contribution in [3.8, 4) is 0 Å². The first kappa shape index (κ1) is 16.9. The van der Waals surface area contributed by atoms with Crippen LogP contribution in [0.3, 0.4) is 0 Å². The normalized spacial score (nSPS) is 15.8. The van der Waals surface area contributed by atoms with Crippen molar-refractivity contribution >= 4 is 35.3 Å². The van der Waals surface area contributed by atoms with Gasteiger partial charge in [0, 0.05) is 17.1 Å². The summed E-state index contributed by atoms with van der Waals surface area (Å²) in [6.45, 7) is 0. The topological polar surface area (TPSA) is 72.2 Å². The van der Waals surface area contributed by atoms with Crippen molar-refractivity contribution in [2.75, 3.05) is 11.5 Å². The molecule has 6 heteroatoms. The highest BCUT2D eigenvalue weighted by molar-refractivity contribution is 8.19. The molecule has 1 atom stereocenters. The van der Waals surface area contributed by atoms with Crippen molar-refractivity contribution in [1.82, 2.24) is 5.32 Å². The molecule has 1 heterocycles. The molecule has 1 aliphatic rings. The lowest BCUT2D eigenvalue weighted by Crippen LogP contribution is -2.37. The van der Waals surface area contributed by atoms with Crippen LogP contribution in [0.25, 0.3) is 0 Å². The number of carbonyl (C=O) groups is 2. The Hall–Kier alpha value is -1.92. The molecule has 3 rings (SSSR count). The van der Waals surface area contributed by atoms with Gasteiger partial charge in [0.2, 0.25) is 5.91 Å². The Morgan fingerprint density at radius 2 is 1.62 bits per heavy atom. The summed E-state index contributed by atoms with van der Waals surface area (Å²) in [7, 11) is 0. The Balaban J connectivity index is 1.72. The highest BCUT2D eigenvalue weighted by atomic mass is 32.2. The van der Waals surface area contributed by atoms with Gasteiger partial charge in [-0.2, -0.15) is 0 Å². The molecule has 2 aromatic rings. The van der Waals surface area contributed by atoms with Crippen molar-refractivity contribution < 1.29 is 9.59 Å². The van der Waals surface area contributed by atoms with Crippen molar-refractivity contribution in [3.05, 3.63) is 71.3 Å². The van der Waals surface area contributed by atoms with E-state index in [4.69, 9.17) is 5.73 Å². The third-order valence-electron chi connectivity index (χ3n) is 3.76. The Bertz CT molecular complexity index is 714. The molecule has 2 aromatic carbocycles. The smallest absolute Gasteiger partial charge is 0.252 e. The maximum absolute atomic E-state index is 12.4. The summed E-state index contributed by atoms with van der Waals surface area (Å²) < 4.78 is 0.449. The molecule has 0 unspecified atom stereocenters. The van der Waals surface area contributed by atoms with Crippen molar-refractivity contribution in [2.24, 2.45) is 5.73 Å². The summed E-state index contributed by atoms with van der Waals surface area (Å²) in [6.07, 6.45) is 0. The van der Waals surface area contributed by atoms with Gasteiger partial charge in [0.25, 0.3) is 5.91 Å². The van der Waals surface area contributed by atoms with Gasteiger partial charge >= 0.3 is 0 Å². The number of amides is 2. The van der Waals surface area contributed by atoms with Crippen LogP contribution in [0.15, 0.2) is 54.6 Å². The highest BCUT2D eigenvalue weighted by Crippen LogP contribution is 2.45. The minimum Gasteiger partial charge on any atom is -0.368 e. The van der Waals surface area contributed by atoms with Crippen LogP contribution in [0.5, 0.6) is 0 Å². The SMILES string of the molecule is NC(=O)[C@@H](NC(=O)c1ccc(C2SCCS2)cc1)c1ccccc1. The maximum Gasteiger partial charge on any atom is 0.252 e. The summed E-state index contributed by atoms with van der Waals surface area (Å²) in [6, 6.07) is 15.7. The summed E-state index contributed by atoms with van der Waals surface area (Å²) >= 11 is 3.85. The first-order valence-corrected chi connectivity index (χ1v) is 9.73. The van der Waals surface area contributed by atoms with Crippen LogP contribution in [-0.4, -0.2) is 23.3 Å². The zero-order valence-electron chi connectivity index (χ0n) is 13.0. The molecule has 0 bridgehead atoms. The average molecular weight is 358 g/mol. The predicted molar refractivity (Wildman–Crippen MR) is 99.9 cm³/mol. The van der Waals surface area contributed by atoms with Crippen molar-refractivity contribution in [1.29, 1.82) is 0 Å². The Morgan fingerprint density at radius 3 is 2.21 bits per heavy atom. The van der Waals surface area contributed by atoms with Crippen LogP contribution in [0, 0.1) is 0 Å². The van der Waals surface area contributed by atoms with Crippen LogP contribution < -0.4 is 11.1 Å². The van der Waals surface area contributed by atoms with Gasteiger partial charge in [-0.15, -0.1) is 23.5 Å². The number of hydrogen-bond donors (Lipinski definition) is 2. The third-order valence-corrected chi connectivity index (χ3v) is 6.86. The van der Waals surface area contributed by atoms with E-state index in [0.717, 1.165) is 11.5 Å². The zero-order valence-corrected chi connectivity index (χ0v) is 14.6. The fraction of sp³-hybridized carbons (Fsp3) is 0.222. The Labute approximate surface area is 149 Å². The molecule has 0 spiro atoms. The molecule has 4 nitrogen and oxygen atoms in total. The molecular formula is C18H18N2O2S2. The number of nitrogens with one attached hydrogen (secondary N) is 1. The number of benzene rings is 2. The number of thioether (sulfide) groups is 2. The number of rotatable bonds is 5. The van der Waals surface area contributed by atoms with E-state index in [0.29, 0.717) is 15.7 Å².